The van der Waals surface area contributed by atoms with Crippen molar-refractivity contribution in [1.82, 2.24) is 9.97 Å². The van der Waals surface area contributed by atoms with E-state index in [1.54, 1.807) is 11.3 Å². The van der Waals surface area contributed by atoms with E-state index in [1.807, 2.05) is 11.8 Å². The number of aromatic nitrogens is 2. The van der Waals surface area contributed by atoms with Crippen LogP contribution >= 0.6 is 23.1 Å². The molecule has 1 aliphatic rings. The minimum atomic E-state index is 0.0556. The van der Waals surface area contributed by atoms with E-state index in [0.29, 0.717) is 5.92 Å². The molecule has 0 fully saturated rings. The molecule has 0 saturated heterocycles. The van der Waals surface area contributed by atoms with E-state index < -0.39 is 0 Å². The van der Waals surface area contributed by atoms with E-state index in [9.17, 15) is 4.79 Å². The summed E-state index contributed by atoms with van der Waals surface area (Å²) in [5.74, 6) is 3.49. The zero-order valence-electron chi connectivity index (χ0n) is 10.6. The molecule has 0 radical (unpaired) electrons. The van der Waals surface area contributed by atoms with Crippen LogP contribution in [0.4, 0.5) is 0 Å². The topological polar surface area (TPSA) is 45.8 Å². The molecule has 0 bridgehead atoms. The summed E-state index contributed by atoms with van der Waals surface area (Å²) in [5.41, 5.74) is 1.30. The lowest BCUT2D eigenvalue weighted by molar-refractivity contribution is 0.621. The summed E-state index contributed by atoms with van der Waals surface area (Å²) >= 11 is 3.65. The zero-order valence-corrected chi connectivity index (χ0v) is 12.2. The Morgan fingerprint density at radius 3 is 3.06 bits per heavy atom. The van der Waals surface area contributed by atoms with Crippen LogP contribution in [0.5, 0.6) is 0 Å². The van der Waals surface area contributed by atoms with Crippen LogP contribution < -0.4 is 5.56 Å². The fraction of sp³-hybridized carbons (Fsp3) is 0.538. The highest BCUT2D eigenvalue weighted by Gasteiger charge is 2.19. The number of thioether (sulfide) groups is 1. The van der Waals surface area contributed by atoms with Crippen molar-refractivity contribution in [1.29, 1.82) is 0 Å². The molecule has 2 aromatic rings. The van der Waals surface area contributed by atoms with Crippen molar-refractivity contribution in [2.75, 3.05) is 5.75 Å². The van der Waals surface area contributed by atoms with Gasteiger partial charge in [0.2, 0.25) is 0 Å². The van der Waals surface area contributed by atoms with Crippen molar-refractivity contribution in [2.45, 2.75) is 32.4 Å². The molecule has 96 valence electrons. The van der Waals surface area contributed by atoms with Gasteiger partial charge in [-0.25, -0.2) is 4.98 Å². The Kier molecular flexibility index (Phi) is 3.20. The third kappa shape index (κ3) is 2.10. The summed E-state index contributed by atoms with van der Waals surface area (Å²) in [4.78, 5) is 22.1. The largest absolute Gasteiger partial charge is 0.310 e. The Bertz CT molecular complexity index is 642. The van der Waals surface area contributed by atoms with Crippen LogP contribution in [0, 0.1) is 5.92 Å². The van der Waals surface area contributed by atoms with Gasteiger partial charge in [-0.3, -0.25) is 4.79 Å². The Hall–Kier alpha value is -0.810. The number of hydrogen-bond donors (Lipinski definition) is 1. The van der Waals surface area contributed by atoms with Gasteiger partial charge in [0.1, 0.15) is 10.7 Å². The first-order valence-corrected chi connectivity index (χ1v) is 8.23. The van der Waals surface area contributed by atoms with Crippen molar-refractivity contribution >= 4 is 33.3 Å². The van der Waals surface area contributed by atoms with Gasteiger partial charge in [0.25, 0.3) is 5.56 Å². The molecule has 18 heavy (non-hydrogen) atoms. The van der Waals surface area contributed by atoms with Crippen LogP contribution in [0.1, 0.15) is 30.1 Å². The predicted molar refractivity (Wildman–Crippen MR) is 78.6 cm³/mol. The van der Waals surface area contributed by atoms with E-state index in [4.69, 9.17) is 0 Å². The summed E-state index contributed by atoms with van der Waals surface area (Å²) in [6.07, 6.45) is 1.84. The van der Waals surface area contributed by atoms with Crippen LogP contribution in [0.15, 0.2) is 4.79 Å². The molecule has 3 nitrogen and oxygen atoms in total. The van der Waals surface area contributed by atoms with Gasteiger partial charge in [0.05, 0.1) is 5.39 Å². The Balaban J connectivity index is 2.17. The summed E-state index contributed by atoms with van der Waals surface area (Å²) in [5, 5.41) is 0.850. The maximum absolute atomic E-state index is 12.2. The summed E-state index contributed by atoms with van der Waals surface area (Å²) in [7, 11) is 0. The SMILES string of the molecule is CC(C)Cc1nc2sc3c(c2c(=O)[nH]1)CCSC3. The van der Waals surface area contributed by atoms with Gasteiger partial charge in [0, 0.05) is 17.1 Å². The number of thiophene rings is 1. The first-order valence-electron chi connectivity index (χ1n) is 6.26. The molecule has 3 heterocycles. The molecule has 0 aliphatic carbocycles. The maximum Gasteiger partial charge on any atom is 0.259 e. The average Bonchev–Trinajstić information content (AvgIpc) is 2.66. The molecular weight excluding hydrogens is 264 g/mol. The molecule has 0 amide bonds. The highest BCUT2D eigenvalue weighted by Crippen LogP contribution is 2.35. The lowest BCUT2D eigenvalue weighted by Gasteiger charge is -2.09. The molecule has 1 N–H and O–H groups in total. The van der Waals surface area contributed by atoms with Gasteiger partial charge in [-0.05, 0) is 23.7 Å². The van der Waals surface area contributed by atoms with Crippen LogP contribution in [-0.4, -0.2) is 15.7 Å². The van der Waals surface area contributed by atoms with Crippen LogP contribution in [0.25, 0.3) is 10.2 Å². The zero-order chi connectivity index (χ0) is 12.7. The van der Waals surface area contributed by atoms with Gasteiger partial charge in [-0.1, -0.05) is 13.8 Å². The second kappa shape index (κ2) is 4.70. The highest BCUT2D eigenvalue weighted by atomic mass is 32.2. The number of hydrogen-bond acceptors (Lipinski definition) is 4. The molecule has 0 unspecified atom stereocenters. The molecule has 0 spiro atoms. The average molecular weight is 280 g/mol. The van der Waals surface area contributed by atoms with Crippen molar-refractivity contribution in [2.24, 2.45) is 5.92 Å². The summed E-state index contributed by atoms with van der Waals surface area (Å²) in [6, 6.07) is 0. The smallest absolute Gasteiger partial charge is 0.259 e. The Labute approximate surface area is 114 Å². The van der Waals surface area contributed by atoms with Crippen molar-refractivity contribution in [3.05, 3.63) is 26.6 Å². The minimum absolute atomic E-state index is 0.0556. The fourth-order valence-electron chi connectivity index (χ4n) is 2.36. The second-order valence-electron chi connectivity index (χ2n) is 5.10. The standard InChI is InChI=1S/C13H16N2OS2/c1-7(2)5-10-14-12(16)11-8-3-4-17-6-9(8)18-13(11)15-10/h7H,3-6H2,1-2H3,(H,14,15,16). The predicted octanol–water partition coefficient (Wildman–Crippen LogP) is 2.97. The normalized spacial score (nSPS) is 15.3. The maximum atomic E-state index is 12.2. The summed E-state index contributed by atoms with van der Waals surface area (Å²) < 4.78 is 0. The van der Waals surface area contributed by atoms with Crippen molar-refractivity contribution in [3.8, 4) is 0 Å². The number of nitrogens with zero attached hydrogens (tertiary/aromatic N) is 1. The monoisotopic (exact) mass is 280 g/mol. The van der Waals surface area contributed by atoms with E-state index in [1.165, 1.54) is 10.4 Å². The first kappa shape index (κ1) is 12.2. The lowest BCUT2D eigenvalue weighted by Crippen LogP contribution is -2.14. The number of aryl methyl sites for hydroxylation is 1. The molecule has 0 saturated carbocycles. The number of H-pyrrole nitrogens is 1. The number of rotatable bonds is 2. The van der Waals surface area contributed by atoms with Crippen LogP contribution in [0.2, 0.25) is 0 Å². The quantitative estimate of drug-likeness (QED) is 0.920. The van der Waals surface area contributed by atoms with E-state index in [0.717, 1.165) is 40.4 Å². The second-order valence-corrected chi connectivity index (χ2v) is 7.29. The van der Waals surface area contributed by atoms with Crippen molar-refractivity contribution in [3.63, 3.8) is 0 Å². The fourth-order valence-corrected chi connectivity index (χ4v) is 4.73. The number of aromatic amines is 1. The third-order valence-electron chi connectivity index (χ3n) is 3.12. The third-order valence-corrected chi connectivity index (χ3v) is 5.42. The molecule has 0 aromatic carbocycles. The first-order chi connectivity index (χ1) is 8.65. The number of fused-ring (bicyclic) bond motifs is 3. The highest BCUT2D eigenvalue weighted by molar-refractivity contribution is 7.98. The Morgan fingerprint density at radius 1 is 1.44 bits per heavy atom. The number of nitrogens with one attached hydrogen (secondary N) is 1. The summed E-state index contributed by atoms with van der Waals surface area (Å²) in [6.45, 7) is 4.28. The molecule has 5 heteroatoms. The molecule has 2 aromatic heterocycles. The molecular formula is C13H16N2OS2. The van der Waals surface area contributed by atoms with E-state index in [-0.39, 0.29) is 5.56 Å². The van der Waals surface area contributed by atoms with E-state index in [2.05, 4.69) is 23.8 Å². The minimum Gasteiger partial charge on any atom is -0.310 e. The molecule has 0 atom stereocenters. The van der Waals surface area contributed by atoms with Gasteiger partial charge in [-0.15, -0.1) is 11.3 Å². The van der Waals surface area contributed by atoms with E-state index >= 15 is 0 Å². The van der Waals surface area contributed by atoms with Gasteiger partial charge in [0.15, 0.2) is 0 Å². The van der Waals surface area contributed by atoms with Gasteiger partial charge < -0.3 is 4.98 Å². The van der Waals surface area contributed by atoms with Crippen molar-refractivity contribution < 1.29 is 0 Å². The van der Waals surface area contributed by atoms with Crippen LogP contribution in [0.3, 0.4) is 0 Å². The lowest BCUT2D eigenvalue weighted by atomic mass is 10.1. The molecule has 3 rings (SSSR count). The molecule has 1 aliphatic heterocycles. The Morgan fingerprint density at radius 2 is 2.28 bits per heavy atom. The van der Waals surface area contributed by atoms with Gasteiger partial charge >= 0.3 is 0 Å². The van der Waals surface area contributed by atoms with Crippen LogP contribution in [-0.2, 0) is 18.6 Å². The van der Waals surface area contributed by atoms with Gasteiger partial charge in [-0.2, -0.15) is 11.8 Å².